The maximum absolute atomic E-state index is 13.7. The molecule has 0 spiro atoms. The van der Waals surface area contributed by atoms with Crippen LogP contribution in [-0.4, -0.2) is 33.8 Å². The van der Waals surface area contributed by atoms with E-state index in [0.717, 1.165) is 0 Å². The van der Waals surface area contributed by atoms with Gasteiger partial charge in [0, 0.05) is 11.8 Å². The van der Waals surface area contributed by atoms with Gasteiger partial charge in [0.1, 0.15) is 29.7 Å². The molecule has 0 fully saturated rings. The standard InChI is InChI=1S/C17H17FN6O2/c1-10-12-8-11(18)2-3-14(12)26-7-5-19-17(25)22-13-9-20-24-6-4-15(21-10)23-16(13)24/h2-4,6,8-10H,5,7H2,1H3,(H,21,23)(H2,19,22,25). The molecule has 0 saturated carbocycles. The number of ether oxygens (including phenoxy) is 1. The Morgan fingerprint density at radius 2 is 2.23 bits per heavy atom. The maximum Gasteiger partial charge on any atom is 0.319 e. The highest BCUT2D eigenvalue weighted by molar-refractivity contribution is 5.93. The molecule has 1 aliphatic rings. The largest absolute Gasteiger partial charge is 0.491 e. The molecular weight excluding hydrogens is 339 g/mol. The summed E-state index contributed by atoms with van der Waals surface area (Å²) in [4.78, 5) is 16.5. The van der Waals surface area contributed by atoms with Gasteiger partial charge in [0.2, 0.25) is 0 Å². The number of hydrogen-bond acceptors (Lipinski definition) is 5. The molecule has 2 amide bonds. The van der Waals surface area contributed by atoms with Crippen LogP contribution in [0.3, 0.4) is 0 Å². The van der Waals surface area contributed by atoms with Crippen LogP contribution >= 0.6 is 0 Å². The predicted molar refractivity (Wildman–Crippen MR) is 93.9 cm³/mol. The summed E-state index contributed by atoms with van der Waals surface area (Å²) in [5.41, 5.74) is 1.66. The summed E-state index contributed by atoms with van der Waals surface area (Å²) in [5.74, 6) is 0.777. The highest BCUT2D eigenvalue weighted by atomic mass is 19.1. The molecule has 1 aromatic carbocycles. The number of amides is 2. The number of carbonyl (C=O) groups excluding carboxylic acids is 1. The van der Waals surface area contributed by atoms with Crippen LogP contribution in [0.4, 0.5) is 20.7 Å². The Balaban J connectivity index is 1.76. The van der Waals surface area contributed by atoms with Crippen LogP contribution in [0.1, 0.15) is 18.5 Å². The molecule has 4 rings (SSSR count). The maximum atomic E-state index is 13.7. The number of benzene rings is 1. The van der Waals surface area contributed by atoms with E-state index < -0.39 is 0 Å². The van der Waals surface area contributed by atoms with Gasteiger partial charge in [0.15, 0.2) is 5.65 Å². The second-order valence-corrected chi connectivity index (χ2v) is 5.92. The fourth-order valence-electron chi connectivity index (χ4n) is 2.82. The first-order valence-corrected chi connectivity index (χ1v) is 8.18. The van der Waals surface area contributed by atoms with Crippen molar-refractivity contribution in [1.29, 1.82) is 0 Å². The summed E-state index contributed by atoms with van der Waals surface area (Å²) in [6.07, 6.45) is 3.26. The van der Waals surface area contributed by atoms with Crippen molar-refractivity contribution in [2.45, 2.75) is 13.0 Å². The summed E-state index contributed by atoms with van der Waals surface area (Å²) in [5, 5.41) is 12.8. The van der Waals surface area contributed by atoms with Gasteiger partial charge in [-0.1, -0.05) is 0 Å². The van der Waals surface area contributed by atoms with Crippen LogP contribution in [0.5, 0.6) is 5.75 Å². The Morgan fingerprint density at radius 3 is 3.12 bits per heavy atom. The number of anilines is 2. The van der Waals surface area contributed by atoms with Crippen molar-refractivity contribution >= 4 is 23.2 Å². The number of nitrogens with one attached hydrogen (secondary N) is 3. The van der Waals surface area contributed by atoms with Gasteiger partial charge >= 0.3 is 6.03 Å². The van der Waals surface area contributed by atoms with Crippen LogP contribution in [-0.2, 0) is 0 Å². The zero-order valence-corrected chi connectivity index (χ0v) is 14.0. The molecule has 1 atom stereocenters. The lowest BCUT2D eigenvalue weighted by molar-refractivity contribution is 0.247. The van der Waals surface area contributed by atoms with E-state index >= 15 is 0 Å². The van der Waals surface area contributed by atoms with Gasteiger partial charge in [-0.25, -0.2) is 18.7 Å². The molecular formula is C17H17FN6O2. The van der Waals surface area contributed by atoms with Crippen molar-refractivity contribution in [3.63, 3.8) is 0 Å². The third kappa shape index (κ3) is 3.10. The van der Waals surface area contributed by atoms with E-state index in [4.69, 9.17) is 4.74 Å². The normalized spacial score (nSPS) is 17.5. The molecule has 0 aliphatic carbocycles. The van der Waals surface area contributed by atoms with Crippen LogP contribution in [0.2, 0.25) is 0 Å². The number of halogens is 1. The first-order valence-electron chi connectivity index (χ1n) is 8.18. The molecule has 3 heterocycles. The Bertz CT molecular complexity index is 973. The lowest BCUT2D eigenvalue weighted by Crippen LogP contribution is -2.32. The summed E-state index contributed by atoms with van der Waals surface area (Å²) >= 11 is 0. The molecule has 26 heavy (non-hydrogen) atoms. The van der Waals surface area contributed by atoms with Gasteiger partial charge in [-0.3, -0.25) is 0 Å². The van der Waals surface area contributed by atoms with Gasteiger partial charge in [-0.2, -0.15) is 5.10 Å². The van der Waals surface area contributed by atoms with Crippen molar-refractivity contribution in [2.24, 2.45) is 0 Å². The van der Waals surface area contributed by atoms with E-state index in [2.05, 4.69) is 26.0 Å². The van der Waals surface area contributed by atoms with E-state index in [0.29, 0.717) is 35.0 Å². The summed E-state index contributed by atoms with van der Waals surface area (Å²) < 4.78 is 21.0. The molecule has 0 radical (unpaired) electrons. The van der Waals surface area contributed by atoms with Gasteiger partial charge in [-0.05, 0) is 31.2 Å². The molecule has 1 aliphatic heterocycles. The lowest BCUT2D eigenvalue weighted by atomic mass is 10.1. The minimum Gasteiger partial charge on any atom is -0.491 e. The van der Waals surface area contributed by atoms with E-state index in [9.17, 15) is 9.18 Å². The SMILES string of the molecule is CC1Nc2ccn3ncc(c3n2)NC(=O)NCCOc2ccc(F)cc21. The highest BCUT2D eigenvalue weighted by Gasteiger charge is 2.16. The highest BCUT2D eigenvalue weighted by Crippen LogP contribution is 2.29. The topological polar surface area (TPSA) is 92.6 Å². The predicted octanol–water partition coefficient (Wildman–Crippen LogP) is 2.56. The van der Waals surface area contributed by atoms with Crippen molar-refractivity contribution in [1.82, 2.24) is 19.9 Å². The molecule has 9 heteroatoms. The van der Waals surface area contributed by atoms with Crippen molar-refractivity contribution in [3.8, 4) is 5.75 Å². The fraction of sp³-hybridized carbons (Fsp3) is 0.235. The minimum absolute atomic E-state index is 0.243. The second kappa shape index (κ2) is 6.51. The summed E-state index contributed by atoms with van der Waals surface area (Å²) in [6, 6.07) is 5.49. The third-order valence-corrected chi connectivity index (χ3v) is 4.07. The van der Waals surface area contributed by atoms with E-state index in [1.165, 1.54) is 18.3 Å². The molecule has 3 N–H and O–H groups in total. The van der Waals surface area contributed by atoms with Gasteiger partial charge in [0.25, 0.3) is 0 Å². The van der Waals surface area contributed by atoms with Crippen molar-refractivity contribution in [3.05, 3.63) is 48.0 Å². The number of rotatable bonds is 0. The van der Waals surface area contributed by atoms with Crippen LogP contribution in [0.25, 0.3) is 5.65 Å². The molecule has 2 bridgehead atoms. The number of fused-ring (bicyclic) bond motifs is 2. The third-order valence-electron chi connectivity index (χ3n) is 4.07. The van der Waals surface area contributed by atoms with Crippen LogP contribution in [0, 0.1) is 5.82 Å². The number of urea groups is 1. The number of nitrogens with zero attached hydrogens (tertiary/aromatic N) is 3. The Labute approximate surface area is 148 Å². The van der Waals surface area contributed by atoms with Crippen LogP contribution in [0.15, 0.2) is 36.7 Å². The zero-order chi connectivity index (χ0) is 18.1. The molecule has 1 unspecified atom stereocenters. The van der Waals surface area contributed by atoms with E-state index in [1.54, 1.807) is 22.8 Å². The zero-order valence-electron chi connectivity index (χ0n) is 14.0. The number of aromatic nitrogens is 3. The quantitative estimate of drug-likeness (QED) is 0.576. The van der Waals surface area contributed by atoms with Crippen LogP contribution < -0.4 is 20.7 Å². The first-order chi connectivity index (χ1) is 12.6. The van der Waals surface area contributed by atoms with Gasteiger partial charge in [-0.15, -0.1) is 0 Å². The fourth-order valence-corrected chi connectivity index (χ4v) is 2.82. The average Bonchev–Trinajstić information content (AvgIpc) is 3.01. The van der Waals surface area contributed by atoms with E-state index in [1.807, 2.05) is 6.92 Å². The van der Waals surface area contributed by atoms with Gasteiger partial charge < -0.3 is 20.7 Å². The molecule has 8 nitrogen and oxygen atoms in total. The Kier molecular flexibility index (Phi) is 4.04. The summed E-state index contributed by atoms with van der Waals surface area (Å²) in [7, 11) is 0. The van der Waals surface area contributed by atoms with Crippen molar-refractivity contribution < 1.29 is 13.9 Å². The molecule has 134 valence electrons. The smallest absolute Gasteiger partial charge is 0.319 e. The Morgan fingerprint density at radius 1 is 1.35 bits per heavy atom. The Hall–Kier alpha value is -3.36. The molecule has 0 saturated heterocycles. The lowest BCUT2D eigenvalue weighted by Gasteiger charge is -2.20. The van der Waals surface area contributed by atoms with E-state index in [-0.39, 0.29) is 24.5 Å². The van der Waals surface area contributed by atoms with Gasteiger partial charge in [0.05, 0.1) is 18.8 Å². The summed E-state index contributed by atoms with van der Waals surface area (Å²) in [6.45, 7) is 2.45. The molecule has 3 aromatic rings. The first kappa shape index (κ1) is 16.1. The number of hydrogen-bond donors (Lipinski definition) is 3. The van der Waals surface area contributed by atoms with Crippen molar-refractivity contribution in [2.75, 3.05) is 23.8 Å². The minimum atomic E-state index is -0.381. The average molecular weight is 356 g/mol. The molecule has 2 aromatic heterocycles. The monoisotopic (exact) mass is 356 g/mol. The second-order valence-electron chi connectivity index (χ2n) is 5.92. The number of carbonyl (C=O) groups is 1.